The van der Waals surface area contributed by atoms with E-state index in [0.717, 1.165) is 79.9 Å². The number of aliphatic hydroxyl groups is 1. The number of ether oxygens (including phenoxy) is 1. The maximum atomic E-state index is 13.0. The van der Waals surface area contributed by atoms with Crippen molar-refractivity contribution in [3.63, 3.8) is 0 Å². The van der Waals surface area contributed by atoms with E-state index in [1.165, 1.54) is 24.9 Å². The Balaban J connectivity index is 0.998. The van der Waals surface area contributed by atoms with E-state index >= 15 is 0 Å². The van der Waals surface area contributed by atoms with Gasteiger partial charge in [0.1, 0.15) is 12.1 Å². The third-order valence-electron chi connectivity index (χ3n) is 8.97. The first-order valence-electron chi connectivity index (χ1n) is 15.3. The Labute approximate surface area is 242 Å². The highest BCUT2D eigenvalue weighted by Gasteiger charge is 2.26. The number of nitrogens with one attached hydrogen (secondary N) is 1. The second kappa shape index (κ2) is 13.0. The minimum absolute atomic E-state index is 0.0386. The zero-order chi connectivity index (χ0) is 28.0. The van der Waals surface area contributed by atoms with Crippen molar-refractivity contribution < 1.29 is 14.6 Å². The van der Waals surface area contributed by atoms with Crippen molar-refractivity contribution >= 4 is 28.3 Å². The van der Waals surface area contributed by atoms with Crippen molar-refractivity contribution in [2.24, 2.45) is 0 Å². The molecule has 2 aromatic carbocycles. The molecular formula is C32H42N6O3. The fourth-order valence-electron chi connectivity index (χ4n) is 6.62. The minimum atomic E-state index is -0.0386. The smallest absolute Gasteiger partial charge is 0.321 e. The summed E-state index contributed by atoms with van der Waals surface area (Å²) in [4.78, 5) is 28.8. The van der Waals surface area contributed by atoms with Crippen LogP contribution in [0.4, 0.5) is 16.2 Å². The molecule has 3 fully saturated rings. The highest BCUT2D eigenvalue weighted by molar-refractivity contribution is 5.89. The largest absolute Gasteiger partial charge is 0.493 e. The van der Waals surface area contributed by atoms with Gasteiger partial charge in [0.05, 0.1) is 24.4 Å². The molecule has 0 radical (unpaired) electrons. The molecule has 2 amide bonds. The summed E-state index contributed by atoms with van der Waals surface area (Å²) >= 11 is 0. The summed E-state index contributed by atoms with van der Waals surface area (Å²) in [6, 6.07) is 14.6. The molecule has 0 spiro atoms. The molecule has 1 aromatic heterocycles. The highest BCUT2D eigenvalue weighted by Crippen LogP contribution is 2.32. The number of likely N-dealkylation sites (tertiary alicyclic amines) is 2. The summed E-state index contributed by atoms with van der Waals surface area (Å²) in [6.07, 6.45) is 9.08. The number of carbonyl (C=O) groups excluding carboxylic acids is 1. The average Bonchev–Trinajstić information content (AvgIpc) is 3.72. The first-order chi connectivity index (χ1) is 20.2. The van der Waals surface area contributed by atoms with Crippen molar-refractivity contribution in [1.82, 2.24) is 19.8 Å². The average molecular weight is 559 g/mol. The first-order valence-corrected chi connectivity index (χ1v) is 15.3. The molecule has 3 aliphatic heterocycles. The summed E-state index contributed by atoms with van der Waals surface area (Å²) in [7, 11) is 0. The van der Waals surface area contributed by atoms with Crippen molar-refractivity contribution in [3.8, 4) is 5.75 Å². The topological polar surface area (TPSA) is 94.1 Å². The third kappa shape index (κ3) is 6.57. The van der Waals surface area contributed by atoms with Crippen LogP contribution in [0.5, 0.6) is 5.75 Å². The molecule has 218 valence electrons. The van der Waals surface area contributed by atoms with Gasteiger partial charge in [-0.3, -0.25) is 4.90 Å². The number of urea groups is 1. The van der Waals surface area contributed by atoms with Crippen LogP contribution in [0.2, 0.25) is 0 Å². The molecule has 0 saturated carbocycles. The monoisotopic (exact) mass is 558 g/mol. The van der Waals surface area contributed by atoms with Crippen LogP contribution in [0.25, 0.3) is 10.9 Å². The third-order valence-corrected chi connectivity index (χ3v) is 8.97. The Bertz CT molecular complexity index is 1300. The Morgan fingerprint density at radius 2 is 1.76 bits per heavy atom. The predicted molar refractivity (Wildman–Crippen MR) is 162 cm³/mol. The number of aliphatic hydroxyl groups excluding tert-OH is 1. The molecule has 3 saturated heterocycles. The number of hydrogen-bond acceptors (Lipinski definition) is 7. The van der Waals surface area contributed by atoms with Gasteiger partial charge in [0.25, 0.3) is 0 Å². The lowest BCUT2D eigenvalue weighted by atomic mass is 9.91. The molecule has 9 nitrogen and oxygen atoms in total. The molecular weight excluding hydrogens is 516 g/mol. The van der Waals surface area contributed by atoms with E-state index in [2.05, 4.69) is 43.3 Å². The standard InChI is InChI=1S/C32H42N6O3/c39-22-27-5-3-16-37(27)17-4-20-41-28-10-11-29-30(21-28)33-23-34-31(29)24-12-18-38(19-13-24)32(40)35-25-6-8-26(9-7-25)36-14-1-2-15-36/h6-11,21,23-24,27,39H,1-5,12-20,22H2,(H,35,40)/t27-/m0/s1. The Morgan fingerprint density at radius 1 is 0.951 bits per heavy atom. The van der Waals surface area contributed by atoms with Gasteiger partial charge in [-0.05, 0) is 87.9 Å². The summed E-state index contributed by atoms with van der Waals surface area (Å²) in [5.41, 5.74) is 4.02. The maximum absolute atomic E-state index is 13.0. The highest BCUT2D eigenvalue weighted by atomic mass is 16.5. The number of carbonyl (C=O) groups is 1. The Kier molecular flexibility index (Phi) is 8.82. The molecule has 9 heteroatoms. The molecule has 0 bridgehead atoms. The summed E-state index contributed by atoms with van der Waals surface area (Å²) < 4.78 is 6.05. The van der Waals surface area contributed by atoms with Crippen LogP contribution in [0.1, 0.15) is 56.6 Å². The fourth-order valence-corrected chi connectivity index (χ4v) is 6.62. The van der Waals surface area contributed by atoms with E-state index in [4.69, 9.17) is 4.74 Å². The van der Waals surface area contributed by atoms with Crippen LogP contribution < -0.4 is 15.0 Å². The summed E-state index contributed by atoms with van der Waals surface area (Å²) in [6.45, 7) is 6.53. The van der Waals surface area contributed by atoms with Crippen molar-refractivity contribution in [3.05, 3.63) is 54.5 Å². The number of rotatable bonds is 9. The molecule has 41 heavy (non-hydrogen) atoms. The van der Waals surface area contributed by atoms with Crippen LogP contribution in [0.15, 0.2) is 48.8 Å². The first kappa shape index (κ1) is 27.7. The number of anilines is 2. The van der Waals surface area contributed by atoms with Crippen molar-refractivity contribution in [1.29, 1.82) is 0 Å². The van der Waals surface area contributed by atoms with E-state index < -0.39 is 0 Å². The lowest BCUT2D eigenvalue weighted by Crippen LogP contribution is -2.40. The normalized spacial score (nSPS) is 20.2. The van der Waals surface area contributed by atoms with Gasteiger partial charge in [-0.1, -0.05) is 0 Å². The molecule has 2 N–H and O–H groups in total. The molecule has 3 aromatic rings. The molecule has 0 aliphatic carbocycles. The lowest BCUT2D eigenvalue weighted by molar-refractivity contribution is 0.150. The SMILES string of the molecule is O=C(Nc1ccc(N2CCCC2)cc1)N1CCC(c2ncnc3cc(OCCCN4CCC[C@H]4CO)ccc23)CC1. The fraction of sp³-hybridized carbons (Fsp3) is 0.531. The van der Waals surface area contributed by atoms with Gasteiger partial charge in [-0.15, -0.1) is 0 Å². The molecule has 1 atom stereocenters. The number of fused-ring (bicyclic) bond motifs is 1. The number of amides is 2. The summed E-state index contributed by atoms with van der Waals surface area (Å²) in [5, 5.41) is 13.6. The van der Waals surface area contributed by atoms with E-state index in [1.807, 2.05) is 29.2 Å². The second-order valence-corrected chi connectivity index (χ2v) is 11.6. The lowest BCUT2D eigenvalue weighted by Gasteiger charge is -2.32. The Hall–Kier alpha value is -3.43. The number of hydrogen-bond donors (Lipinski definition) is 2. The quantitative estimate of drug-likeness (QED) is 0.362. The predicted octanol–water partition coefficient (Wildman–Crippen LogP) is 4.87. The van der Waals surface area contributed by atoms with Gasteiger partial charge in [0.15, 0.2) is 0 Å². The molecule has 6 rings (SSSR count). The molecule has 4 heterocycles. The molecule has 0 unspecified atom stereocenters. The van der Waals surface area contributed by atoms with E-state index in [1.54, 1.807) is 6.33 Å². The van der Waals surface area contributed by atoms with E-state index in [0.29, 0.717) is 25.7 Å². The number of nitrogens with zero attached hydrogens (tertiary/aromatic N) is 5. The van der Waals surface area contributed by atoms with Gasteiger partial charge in [0.2, 0.25) is 0 Å². The van der Waals surface area contributed by atoms with Crippen LogP contribution in [0.3, 0.4) is 0 Å². The van der Waals surface area contributed by atoms with Crippen molar-refractivity contribution in [2.75, 3.05) is 62.7 Å². The number of aromatic nitrogens is 2. The number of benzene rings is 2. The molecule has 3 aliphatic rings. The number of piperidine rings is 1. The van der Waals surface area contributed by atoms with E-state index in [9.17, 15) is 9.90 Å². The zero-order valence-corrected chi connectivity index (χ0v) is 23.9. The van der Waals surface area contributed by atoms with Crippen LogP contribution >= 0.6 is 0 Å². The van der Waals surface area contributed by atoms with Crippen LogP contribution in [0, 0.1) is 0 Å². The van der Waals surface area contributed by atoms with Gasteiger partial charge in [-0.25, -0.2) is 14.8 Å². The van der Waals surface area contributed by atoms with E-state index in [-0.39, 0.29) is 18.6 Å². The van der Waals surface area contributed by atoms with Crippen LogP contribution in [-0.4, -0.2) is 89.4 Å². The zero-order valence-electron chi connectivity index (χ0n) is 23.9. The van der Waals surface area contributed by atoms with Crippen molar-refractivity contribution in [2.45, 2.75) is 56.9 Å². The van der Waals surface area contributed by atoms with Gasteiger partial charge >= 0.3 is 6.03 Å². The Morgan fingerprint density at radius 3 is 2.54 bits per heavy atom. The second-order valence-electron chi connectivity index (χ2n) is 11.6. The van der Waals surface area contributed by atoms with Gasteiger partial charge < -0.3 is 25.0 Å². The van der Waals surface area contributed by atoms with Gasteiger partial charge in [0, 0.05) is 67.5 Å². The summed E-state index contributed by atoms with van der Waals surface area (Å²) in [5.74, 6) is 1.11. The van der Waals surface area contributed by atoms with Gasteiger partial charge in [-0.2, -0.15) is 0 Å². The minimum Gasteiger partial charge on any atom is -0.493 e. The van der Waals surface area contributed by atoms with Crippen LogP contribution in [-0.2, 0) is 0 Å². The maximum Gasteiger partial charge on any atom is 0.321 e.